The average molecular weight is 271 g/mol. The van der Waals surface area contributed by atoms with E-state index < -0.39 is 0 Å². The van der Waals surface area contributed by atoms with Gasteiger partial charge in [-0.05, 0) is 48.9 Å². The predicted octanol–water partition coefficient (Wildman–Crippen LogP) is 4.13. The zero-order valence-electron chi connectivity index (χ0n) is 11.4. The molecule has 1 N–H and O–H groups in total. The van der Waals surface area contributed by atoms with Gasteiger partial charge in [-0.2, -0.15) is 0 Å². The smallest absolute Gasteiger partial charge is 0.0202 e. The van der Waals surface area contributed by atoms with Crippen molar-refractivity contribution in [2.45, 2.75) is 24.3 Å². The summed E-state index contributed by atoms with van der Waals surface area (Å²) in [4.78, 5) is 1.37. The Kier molecular flexibility index (Phi) is 5.99. The van der Waals surface area contributed by atoms with Crippen LogP contribution in [0.1, 0.15) is 17.5 Å². The van der Waals surface area contributed by atoms with E-state index in [4.69, 9.17) is 0 Å². The van der Waals surface area contributed by atoms with Crippen LogP contribution in [0.2, 0.25) is 0 Å². The summed E-state index contributed by atoms with van der Waals surface area (Å²) in [5.41, 5.74) is 2.78. The Hall–Kier alpha value is -1.25. The Morgan fingerprint density at radius 2 is 1.63 bits per heavy atom. The van der Waals surface area contributed by atoms with Crippen LogP contribution >= 0.6 is 11.8 Å². The number of aryl methyl sites for hydroxylation is 1. The van der Waals surface area contributed by atoms with Gasteiger partial charge >= 0.3 is 0 Å². The lowest BCUT2D eigenvalue weighted by Crippen LogP contribution is -2.04. The maximum absolute atomic E-state index is 3.17. The van der Waals surface area contributed by atoms with Gasteiger partial charge in [-0.15, -0.1) is 11.8 Å². The Bertz CT molecular complexity index is 464. The van der Waals surface area contributed by atoms with Crippen LogP contribution in [0.4, 0.5) is 0 Å². The van der Waals surface area contributed by atoms with Gasteiger partial charge in [-0.25, -0.2) is 0 Å². The van der Waals surface area contributed by atoms with Crippen LogP contribution < -0.4 is 5.32 Å². The van der Waals surface area contributed by atoms with Crippen molar-refractivity contribution < 1.29 is 0 Å². The molecule has 0 fully saturated rings. The van der Waals surface area contributed by atoms with Crippen molar-refractivity contribution in [3.63, 3.8) is 0 Å². The second-order valence-corrected chi connectivity index (χ2v) is 5.78. The predicted molar refractivity (Wildman–Crippen MR) is 84.7 cm³/mol. The molecular weight excluding hydrogens is 250 g/mol. The molecule has 1 nitrogen and oxygen atoms in total. The molecule has 2 aromatic carbocycles. The molecule has 2 aromatic rings. The first-order valence-electron chi connectivity index (χ1n) is 6.79. The molecule has 0 unspecified atom stereocenters. The molecule has 0 atom stereocenters. The first kappa shape index (κ1) is 14.2. The SMILES string of the molecule is CNCc1ccc(SCCCc2ccccc2)cc1. The molecule has 0 aromatic heterocycles. The van der Waals surface area contributed by atoms with Gasteiger partial charge in [0.15, 0.2) is 0 Å². The van der Waals surface area contributed by atoms with Crippen molar-refractivity contribution in [2.24, 2.45) is 0 Å². The Labute approximate surface area is 120 Å². The maximum atomic E-state index is 3.17. The fourth-order valence-corrected chi connectivity index (χ4v) is 2.87. The number of rotatable bonds is 7. The third-order valence-electron chi connectivity index (χ3n) is 3.03. The minimum absolute atomic E-state index is 0.943. The first-order chi connectivity index (χ1) is 9.38. The number of nitrogens with one attached hydrogen (secondary N) is 1. The summed E-state index contributed by atoms with van der Waals surface area (Å²) in [6.45, 7) is 0.943. The van der Waals surface area contributed by atoms with Crippen LogP contribution in [-0.4, -0.2) is 12.8 Å². The van der Waals surface area contributed by atoms with Crippen molar-refractivity contribution in [3.8, 4) is 0 Å². The van der Waals surface area contributed by atoms with E-state index in [0.29, 0.717) is 0 Å². The van der Waals surface area contributed by atoms with Gasteiger partial charge in [0.05, 0.1) is 0 Å². The lowest BCUT2D eigenvalue weighted by molar-refractivity contribution is 0.817. The highest BCUT2D eigenvalue weighted by Gasteiger charge is 1.96. The summed E-state index contributed by atoms with van der Waals surface area (Å²) in [7, 11) is 1.98. The fourth-order valence-electron chi connectivity index (χ4n) is 2.02. The highest BCUT2D eigenvalue weighted by molar-refractivity contribution is 7.99. The normalized spacial score (nSPS) is 10.6. The molecule has 0 saturated carbocycles. The van der Waals surface area contributed by atoms with Crippen molar-refractivity contribution in [3.05, 3.63) is 65.7 Å². The van der Waals surface area contributed by atoms with Crippen LogP contribution in [0.3, 0.4) is 0 Å². The molecule has 2 rings (SSSR count). The summed E-state index contributed by atoms with van der Waals surface area (Å²) in [5.74, 6) is 1.18. The molecule has 2 heteroatoms. The number of benzene rings is 2. The third kappa shape index (κ3) is 5.09. The van der Waals surface area contributed by atoms with E-state index in [1.807, 2.05) is 18.8 Å². The quantitative estimate of drug-likeness (QED) is 0.600. The summed E-state index contributed by atoms with van der Waals surface area (Å²) < 4.78 is 0. The summed E-state index contributed by atoms with van der Waals surface area (Å²) in [6.07, 6.45) is 2.40. The first-order valence-corrected chi connectivity index (χ1v) is 7.77. The second-order valence-electron chi connectivity index (χ2n) is 4.61. The average Bonchev–Trinajstić information content (AvgIpc) is 2.47. The van der Waals surface area contributed by atoms with Gasteiger partial charge in [0.1, 0.15) is 0 Å². The Balaban J connectivity index is 1.70. The highest BCUT2D eigenvalue weighted by Crippen LogP contribution is 2.20. The standard InChI is InChI=1S/C17H21NS/c1-18-14-16-9-11-17(12-10-16)19-13-5-8-15-6-3-2-4-7-15/h2-4,6-7,9-12,18H,5,8,13-14H2,1H3. The molecule has 0 spiro atoms. The van der Waals surface area contributed by atoms with Crippen molar-refractivity contribution in [1.29, 1.82) is 0 Å². The zero-order valence-corrected chi connectivity index (χ0v) is 12.2. The monoisotopic (exact) mass is 271 g/mol. The molecule has 100 valence electrons. The Morgan fingerprint density at radius 1 is 0.895 bits per heavy atom. The van der Waals surface area contributed by atoms with Crippen molar-refractivity contribution in [1.82, 2.24) is 5.32 Å². The summed E-state index contributed by atoms with van der Waals surface area (Å²) >= 11 is 1.95. The molecule has 19 heavy (non-hydrogen) atoms. The molecule has 0 amide bonds. The molecule has 0 radical (unpaired) electrons. The van der Waals surface area contributed by atoms with E-state index in [1.54, 1.807) is 0 Å². The van der Waals surface area contributed by atoms with Crippen LogP contribution in [0.25, 0.3) is 0 Å². The van der Waals surface area contributed by atoms with E-state index in [2.05, 4.69) is 59.9 Å². The Morgan fingerprint density at radius 3 is 2.32 bits per heavy atom. The van der Waals surface area contributed by atoms with Crippen LogP contribution in [0, 0.1) is 0 Å². The molecule has 0 heterocycles. The summed E-state index contributed by atoms with van der Waals surface area (Å²) in [5, 5.41) is 3.17. The molecule has 0 aliphatic rings. The number of hydrogen-bond donors (Lipinski definition) is 1. The van der Waals surface area contributed by atoms with Crippen LogP contribution in [0.15, 0.2) is 59.5 Å². The molecule has 0 aliphatic heterocycles. The van der Waals surface area contributed by atoms with Gasteiger partial charge in [0.25, 0.3) is 0 Å². The van der Waals surface area contributed by atoms with E-state index in [-0.39, 0.29) is 0 Å². The van der Waals surface area contributed by atoms with Gasteiger partial charge < -0.3 is 5.32 Å². The molecule has 0 saturated heterocycles. The lowest BCUT2D eigenvalue weighted by atomic mass is 10.1. The van der Waals surface area contributed by atoms with Crippen LogP contribution in [-0.2, 0) is 13.0 Å². The zero-order chi connectivity index (χ0) is 13.3. The van der Waals surface area contributed by atoms with E-state index >= 15 is 0 Å². The van der Waals surface area contributed by atoms with E-state index in [9.17, 15) is 0 Å². The van der Waals surface area contributed by atoms with Gasteiger partial charge in [0, 0.05) is 11.4 Å². The van der Waals surface area contributed by atoms with E-state index in [1.165, 1.54) is 34.6 Å². The van der Waals surface area contributed by atoms with Gasteiger partial charge in [-0.1, -0.05) is 42.5 Å². The third-order valence-corrected chi connectivity index (χ3v) is 4.12. The largest absolute Gasteiger partial charge is 0.316 e. The molecule has 0 bridgehead atoms. The van der Waals surface area contributed by atoms with Gasteiger partial charge in [0.2, 0.25) is 0 Å². The van der Waals surface area contributed by atoms with Crippen LogP contribution in [0.5, 0.6) is 0 Å². The van der Waals surface area contributed by atoms with Crippen molar-refractivity contribution >= 4 is 11.8 Å². The second kappa shape index (κ2) is 8.03. The topological polar surface area (TPSA) is 12.0 Å². The lowest BCUT2D eigenvalue weighted by Gasteiger charge is -2.04. The maximum Gasteiger partial charge on any atom is 0.0202 e. The number of thioether (sulfide) groups is 1. The van der Waals surface area contributed by atoms with Crippen molar-refractivity contribution in [2.75, 3.05) is 12.8 Å². The highest BCUT2D eigenvalue weighted by atomic mass is 32.2. The summed E-state index contributed by atoms with van der Waals surface area (Å²) in [6, 6.07) is 19.6. The minimum Gasteiger partial charge on any atom is -0.316 e. The molecule has 0 aliphatic carbocycles. The minimum atomic E-state index is 0.943. The fraction of sp³-hybridized carbons (Fsp3) is 0.294. The number of hydrogen-bond acceptors (Lipinski definition) is 2. The molecular formula is C17H21NS. The van der Waals surface area contributed by atoms with Gasteiger partial charge in [-0.3, -0.25) is 0 Å². The van der Waals surface area contributed by atoms with E-state index in [0.717, 1.165) is 6.54 Å².